The number of esters is 1. The zero-order chi connectivity index (χ0) is 18.4. The van der Waals surface area contributed by atoms with Crippen LogP contribution in [0.1, 0.15) is 6.92 Å². The maximum atomic E-state index is 11.4. The predicted molar refractivity (Wildman–Crippen MR) is 105 cm³/mol. The average molecular weight is 434 g/mol. The van der Waals surface area contributed by atoms with Crippen molar-refractivity contribution >= 4 is 44.1 Å². The molecule has 0 radical (unpaired) electrons. The van der Waals surface area contributed by atoms with Gasteiger partial charge in [-0.1, -0.05) is 45.5 Å². The van der Waals surface area contributed by atoms with E-state index in [1.54, 1.807) is 13.0 Å². The second-order valence-electron chi connectivity index (χ2n) is 5.17. The minimum absolute atomic E-state index is 0.122. The van der Waals surface area contributed by atoms with Crippen LogP contribution in [0.5, 0.6) is 5.75 Å². The predicted octanol–water partition coefficient (Wildman–Crippen LogP) is 4.65. The maximum absolute atomic E-state index is 11.4. The van der Waals surface area contributed by atoms with Crippen molar-refractivity contribution in [2.45, 2.75) is 6.92 Å². The molecule has 3 aromatic rings. The SMILES string of the molecule is CCOC(=O)COc1cccc(-c2nnc(Nc3cccc(Br)c3)s2)c1. The third kappa shape index (κ3) is 5.03. The summed E-state index contributed by atoms with van der Waals surface area (Å²) in [5, 5.41) is 13.1. The molecule has 26 heavy (non-hydrogen) atoms. The van der Waals surface area contributed by atoms with Gasteiger partial charge < -0.3 is 14.8 Å². The summed E-state index contributed by atoms with van der Waals surface area (Å²) in [6, 6.07) is 15.2. The number of carbonyl (C=O) groups is 1. The second-order valence-corrected chi connectivity index (χ2v) is 7.06. The van der Waals surface area contributed by atoms with Gasteiger partial charge in [0.05, 0.1) is 6.61 Å². The molecule has 0 atom stereocenters. The van der Waals surface area contributed by atoms with E-state index in [2.05, 4.69) is 31.4 Å². The number of nitrogens with one attached hydrogen (secondary N) is 1. The first-order chi connectivity index (χ1) is 12.6. The number of carbonyl (C=O) groups excluding carboxylic acids is 1. The smallest absolute Gasteiger partial charge is 0.344 e. The highest BCUT2D eigenvalue weighted by Gasteiger charge is 2.09. The van der Waals surface area contributed by atoms with E-state index in [9.17, 15) is 4.79 Å². The van der Waals surface area contributed by atoms with Gasteiger partial charge in [-0.25, -0.2) is 4.79 Å². The Bertz CT molecular complexity index is 901. The molecule has 0 aliphatic carbocycles. The van der Waals surface area contributed by atoms with Gasteiger partial charge in [0.1, 0.15) is 10.8 Å². The standard InChI is InChI=1S/C18H16BrN3O3S/c1-2-24-16(23)11-25-15-8-3-5-12(9-15)17-21-22-18(26-17)20-14-7-4-6-13(19)10-14/h3-10H,2,11H2,1H3,(H,20,22). The Morgan fingerprint density at radius 2 is 2.04 bits per heavy atom. The van der Waals surface area contributed by atoms with E-state index >= 15 is 0 Å². The lowest BCUT2D eigenvalue weighted by molar-refractivity contribution is -0.145. The minimum atomic E-state index is -0.394. The summed E-state index contributed by atoms with van der Waals surface area (Å²) in [5.41, 5.74) is 1.79. The van der Waals surface area contributed by atoms with Crippen LogP contribution >= 0.6 is 27.3 Å². The molecule has 1 N–H and O–H groups in total. The van der Waals surface area contributed by atoms with Gasteiger partial charge in [0.15, 0.2) is 6.61 Å². The number of rotatable bonds is 7. The van der Waals surface area contributed by atoms with Crippen LogP contribution in [-0.2, 0) is 9.53 Å². The molecule has 0 aliphatic rings. The van der Waals surface area contributed by atoms with E-state index in [1.165, 1.54) is 11.3 Å². The summed E-state index contributed by atoms with van der Waals surface area (Å²) >= 11 is 4.87. The first-order valence-electron chi connectivity index (χ1n) is 7.89. The summed E-state index contributed by atoms with van der Waals surface area (Å²) in [6.45, 7) is 1.97. The van der Waals surface area contributed by atoms with Crippen molar-refractivity contribution < 1.29 is 14.3 Å². The van der Waals surface area contributed by atoms with E-state index in [0.717, 1.165) is 20.7 Å². The van der Waals surface area contributed by atoms with Gasteiger partial charge in [-0.2, -0.15) is 0 Å². The molecule has 0 spiro atoms. The van der Waals surface area contributed by atoms with Crippen LogP contribution in [-0.4, -0.2) is 29.4 Å². The number of ether oxygens (including phenoxy) is 2. The van der Waals surface area contributed by atoms with Crippen LogP contribution in [0.25, 0.3) is 10.6 Å². The highest BCUT2D eigenvalue weighted by Crippen LogP contribution is 2.30. The molecule has 0 bridgehead atoms. The first-order valence-corrected chi connectivity index (χ1v) is 9.50. The van der Waals surface area contributed by atoms with Gasteiger partial charge >= 0.3 is 5.97 Å². The highest BCUT2D eigenvalue weighted by molar-refractivity contribution is 9.10. The quantitative estimate of drug-likeness (QED) is 0.546. The van der Waals surface area contributed by atoms with E-state index < -0.39 is 5.97 Å². The molecule has 0 saturated heterocycles. The van der Waals surface area contributed by atoms with Crippen molar-refractivity contribution in [3.8, 4) is 16.3 Å². The van der Waals surface area contributed by atoms with E-state index in [0.29, 0.717) is 17.5 Å². The van der Waals surface area contributed by atoms with Gasteiger partial charge in [0, 0.05) is 15.7 Å². The summed E-state index contributed by atoms with van der Waals surface area (Å²) < 4.78 is 11.3. The van der Waals surface area contributed by atoms with Crippen molar-refractivity contribution in [3.05, 3.63) is 53.0 Å². The Morgan fingerprint density at radius 1 is 1.19 bits per heavy atom. The molecule has 134 valence electrons. The van der Waals surface area contributed by atoms with Crippen LogP contribution in [0.4, 0.5) is 10.8 Å². The third-order valence-corrected chi connectivity index (χ3v) is 4.62. The first kappa shape index (κ1) is 18.3. The van der Waals surface area contributed by atoms with Crippen molar-refractivity contribution in [2.75, 3.05) is 18.5 Å². The van der Waals surface area contributed by atoms with E-state index in [1.807, 2.05) is 42.5 Å². The Balaban J connectivity index is 1.69. The zero-order valence-electron chi connectivity index (χ0n) is 13.9. The number of hydrogen-bond acceptors (Lipinski definition) is 7. The Kier molecular flexibility index (Phi) is 6.19. The maximum Gasteiger partial charge on any atom is 0.344 e. The molecular formula is C18H16BrN3O3S. The molecule has 1 heterocycles. The number of hydrogen-bond donors (Lipinski definition) is 1. The second kappa shape index (κ2) is 8.77. The van der Waals surface area contributed by atoms with Crippen molar-refractivity contribution in [3.63, 3.8) is 0 Å². The lowest BCUT2D eigenvalue weighted by atomic mass is 10.2. The topological polar surface area (TPSA) is 73.3 Å². The normalized spacial score (nSPS) is 10.4. The molecule has 6 nitrogen and oxygen atoms in total. The molecule has 8 heteroatoms. The molecule has 2 aromatic carbocycles. The molecule has 0 amide bonds. The number of aromatic nitrogens is 2. The number of nitrogens with zero attached hydrogens (tertiary/aromatic N) is 2. The molecule has 0 fully saturated rings. The van der Waals surface area contributed by atoms with Gasteiger partial charge in [-0.15, -0.1) is 10.2 Å². The van der Waals surface area contributed by atoms with Crippen LogP contribution in [0.15, 0.2) is 53.0 Å². The molecule has 0 saturated carbocycles. The fraction of sp³-hybridized carbons (Fsp3) is 0.167. The average Bonchev–Trinajstić information content (AvgIpc) is 3.09. The molecule has 0 aliphatic heterocycles. The van der Waals surface area contributed by atoms with Gasteiger partial charge in [0.25, 0.3) is 0 Å². The van der Waals surface area contributed by atoms with Crippen molar-refractivity contribution in [1.82, 2.24) is 10.2 Å². The van der Waals surface area contributed by atoms with Crippen LogP contribution in [0.3, 0.4) is 0 Å². The van der Waals surface area contributed by atoms with Crippen LogP contribution in [0, 0.1) is 0 Å². The van der Waals surface area contributed by atoms with Crippen LogP contribution < -0.4 is 10.1 Å². The monoisotopic (exact) mass is 433 g/mol. The fourth-order valence-electron chi connectivity index (χ4n) is 2.14. The number of halogens is 1. The minimum Gasteiger partial charge on any atom is -0.482 e. The number of benzene rings is 2. The molecule has 1 aromatic heterocycles. The lowest BCUT2D eigenvalue weighted by Crippen LogP contribution is -2.14. The van der Waals surface area contributed by atoms with Crippen LogP contribution in [0.2, 0.25) is 0 Å². The Hall–Kier alpha value is -2.45. The fourth-order valence-corrected chi connectivity index (χ4v) is 3.30. The van der Waals surface area contributed by atoms with Crippen molar-refractivity contribution in [2.24, 2.45) is 0 Å². The largest absolute Gasteiger partial charge is 0.482 e. The van der Waals surface area contributed by atoms with Gasteiger partial charge in [-0.05, 0) is 37.3 Å². The van der Waals surface area contributed by atoms with Gasteiger partial charge in [-0.3, -0.25) is 0 Å². The zero-order valence-corrected chi connectivity index (χ0v) is 16.3. The van der Waals surface area contributed by atoms with Crippen molar-refractivity contribution in [1.29, 1.82) is 0 Å². The Labute approximate surface area is 163 Å². The van der Waals surface area contributed by atoms with E-state index in [-0.39, 0.29) is 6.61 Å². The van der Waals surface area contributed by atoms with Gasteiger partial charge in [0.2, 0.25) is 5.13 Å². The molecular weight excluding hydrogens is 418 g/mol. The molecule has 0 unspecified atom stereocenters. The van der Waals surface area contributed by atoms with E-state index in [4.69, 9.17) is 9.47 Å². The summed E-state index contributed by atoms with van der Waals surface area (Å²) in [7, 11) is 0. The molecule has 3 rings (SSSR count). The number of anilines is 2. The summed E-state index contributed by atoms with van der Waals surface area (Å²) in [4.78, 5) is 11.4. The highest BCUT2D eigenvalue weighted by atomic mass is 79.9. The third-order valence-electron chi connectivity index (χ3n) is 3.24. The summed E-state index contributed by atoms with van der Waals surface area (Å²) in [5.74, 6) is 0.182. The Morgan fingerprint density at radius 3 is 2.85 bits per heavy atom. The summed E-state index contributed by atoms with van der Waals surface area (Å²) in [6.07, 6.45) is 0. The lowest BCUT2D eigenvalue weighted by Gasteiger charge is -2.06.